The lowest BCUT2D eigenvalue weighted by atomic mass is 10.2. The molecule has 0 saturated heterocycles. The molecule has 8 heteroatoms. The molecule has 0 aliphatic rings. The van der Waals surface area contributed by atoms with Crippen LogP contribution in [0.2, 0.25) is 0 Å². The Bertz CT molecular complexity index is 1600. The topological polar surface area (TPSA) is 83.5 Å². The maximum Gasteiger partial charge on any atom is 0.259 e. The molecule has 0 amide bonds. The zero-order valence-corrected chi connectivity index (χ0v) is 18.5. The van der Waals surface area contributed by atoms with Crippen LogP contribution in [0.25, 0.3) is 33.2 Å². The quantitative estimate of drug-likeness (QED) is 0.376. The first-order valence-electron chi connectivity index (χ1n) is 11.1. The van der Waals surface area contributed by atoms with Crippen molar-refractivity contribution in [2.24, 2.45) is 7.05 Å². The van der Waals surface area contributed by atoms with Gasteiger partial charge in [-0.2, -0.15) is 4.98 Å². The van der Waals surface area contributed by atoms with Gasteiger partial charge < -0.3 is 9.40 Å². The smallest absolute Gasteiger partial charge is 0.259 e. The van der Waals surface area contributed by atoms with Gasteiger partial charge in [0.25, 0.3) is 5.88 Å². The molecule has 6 aromatic rings. The first kappa shape index (κ1) is 20.0. The molecule has 0 atom stereocenters. The normalized spacial score (nSPS) is 11.3. The molecule has 3 aromatic heterocycles. The highest BCUT2D eigenvalue weighted by Crippen LogP contribution is 2.24. The van der Waals surface area contributed by atoms with Gasteiger partial charge in [0.2, 0.25) is 0 Å². The number of fused-ring (bicyclic) bond motifs is 2. The van der Waals surface area contributed by atoms with Crippen molar-refractivity contribution in [1.82, 2.24) is 34.7 Å². The third kappa shape index (κ3) is 3.75. The highest BCUT2D eigenvalue weighted by Gasteiger charge is 2.14. The summed E-state index contributed by atoms with van der Waals surface area (Å²) < 4.78 is 2.06. The molecule has 0 bridgehead atoms. The maximum absolute atomic E-state index is 6.09. The van der Waals surface area contributed by atoms with Crippen LogP contribution in [0.5, 0.6) is 5.88 Å². The number of imidazole rings is 1. The average molecular weight is 448 g/mol. The van der Waals surface area contributed by atoms with Crippen molar-refractivity contribution >= 4 is 21.9 Å². The van der Waals surface area contributed by atoms with Crippen molar-refractivity contribution < 1.29 is 4.84 Å². The van der Waals surface area contributed by atoms with Gasteiger partial charge in [-0.3, -0.25) is 0 Å². The van der Waals surface area contributed by atoms with Gasteiger partial charge in [-0.25, -0.2) is 9.97 Å². The van der Waals surface area contributed by atoms with Crippen LogP contribution < -0.4 is 4.84 Å². The van der Waals surface area contributed by atoms with Crippen LogP contribution in [0.1, 0.15) is 11.6 Å². The van der Waals surface area contributed by atoms with Crippen molar-refractivity contribution in [3.8, 4) is 17.1 Å². The predicted octanol–water partition coefficient (Wildman–Crippen LogP) is 4.40. The van der Waals surface area contributed by atoms with E-state index in [-0.39, 0.29) is 0 Å². The fourth-order valence-electron chi connectivity index (χ4n) is 3.98. The largest absolute Gasteiger partial charge is 0.337 e. The third-order valence-electron chi connectivity index (χ3n) is 5.72. The molecule has 3 heterocycles. The Labute approximate surface area is 195 Å². The van der Waals surface area contributed by atoms with Crippen molar-refractivity contribution in [2.45, 2.75) is 12.8 Å². The number of para-hydroxylation sites is 2. The summed E-state index contributed by atoms with van der Waals surface area (Å²) in [5, 5.41) is 9.11. The van der Waals surface area contributed by atoms with E-state index in [0.29, 0.717) is 24.5 Å². The Hall–Kier alpha value is -4.59. The second-order valence-corrected chi connectivity index (χ2v) is 8.02. The van der Waals surface area contributed by atoms with Crippen LogP contribution in [-0.4, -0.2) is 34.7 Å². The molecule has 0 aliphatic heterocycles. The van der Waals surface area contributed by atoms with E-state index < -0.39 is 0 Å². The highest BCUT2D eigenvalue weighted by atomic mass is 16.7. The Morgan fingerprint density at radius 2 is 1.53 bits per heavy atom. The Balaban J connectivity index is 1.30. The number of aryl methyl sites for hydroxylation is 3. The van der Waals surface area contributed by atoms with Crippen LogP contribution in [0.15, 0.2) is 85.1 Å². The molecule has 8 nitrogen and oxygen atoms in total. The van der Waals surface area contributed by atoms with Crippen LogP contribution in [0.3, 0.4) is 0 Å². The van der Waals surface area contributed by atoms with Crippen molar-refractivity contribution in [2.75, 3.05) is 0 Å². The fourth-order valence-corrected chi connectivity index (χ4v) is 3.98. The Morgan fingerprint density at radius 1 is 0.765 bits per heavy atom. The molecule has 0 N–H and O–H groups in total. The molecular formula is C26H21N7O. The van der Waals surface area contributed by atoms with E-state index in [1.807, 2.05) is 73.8 Å². The molecule has 6 rings (SSSR count). The Morgan fingerprint density at radius 3 is 2.41 bits per heavy atom. The molecule has 0 radical (unpaired) electrons. The van der Waals surface area contributed by atoms with Gasteiger partial charge >= 0.3 is 0 Å². The summed E-state index contributed by atoms with van der Waals surface area (Å²) in [5.41, 5.74) is 4.40. The maximum atomic E-state index is 6.09. The van der Waals surface area contributed by atoms with Crippen LogP contribution in [0.4, 0.5) is 0 Å². The summed E-state index contributed by atoms with van der Waals surface area (Å²) in [6.45, 7) is 0. The zero-order valence-electron chi connectivity index (χ0n) is 18.5. The van der Waals surface area contributed by atoms with Gasteiger partial charge in [0, 0.05) is 31.6 Å². The molecule has 3 aromatic carbocycles. The predicted molar refractivity (Wildman–Crippen MR) is 129 cm³/mol. The van der Waals surface area contributed by atoms with Crippen molar-refractivity contribution in [3.05, 3.63) is 96.7 Å². The molecule has 0 spiro atoms. The van der Waals surface area contributed by atoms with Gasteiger partial charge in [-0.15, -0.1) is 5.10 Å². The minimum absolute atomic E-state index is 0.445. The van der Waals surface area contributed by atoms with Gasteiger partial charge in [0.15, 0.2) is 0 Å². The van der Waals surface area contributed by atoms with E-state index in [0.717, 1.165) is 39.0 Å². The summed E-state index contributed by atoms with van der Waals surface area (Å²) in [7, 11) is 2.01. The van der Waals surface area contributed by atoms with E-state index in [1.165, 1.54) is 4.85 Å². The summed E-state index contributed by atoms with van der Waals surface area (Å²) in [5.74, 6) is 2.10. The second-order valence-electron chi connectivity index (χ2n) is 8.02. The third-order valence-corrected chi connectivity index (χ3v) is 5.72. The molecule has 0 aliphatic carbocycles. The number of aromatic nitrogens is 7. The lowest BCUT2D eigenvalue weighted by Crippen LogP contribution is -2.11. The molecule has 34 heavy (non-hydrogen) atoms. The number of hydrogen-bond donors (Lipinski definition) is 0. The zero-order chi connectivity index (χ0) is 22.9. The van der Waals surface area contributed by atoms with E-state index in [1.54, 1.807) is 0 Å². The van der Waals surface area contributed by atoms with Gasteiger partial charge in [-0.05, 0) is 29.5 Å². The minimum Gasteiger partial charge on any atom is -0.337 e. The van der Waals surface area contributed by atoms with E-state index in [9.17, 15) is 0 Å². The number of benzene rings is 3. The monoisotopic (exact) mass is 447 g/mol. The van der Waals surface area contributed by atoms with Gasteiger partial charge in [-0.1, -0.05) is 59.4 Å². The van der Waals surface area contributed by atoms with Crippen LogP contribution in [0, 0.1) is 0 Å². The second kappa shape index (κ2) is 8.40. The molecule has 0 saturated carbocycles. The average Bonchev–Trinajstić information content (AvgIpc) is 3.46. The lowest BCUT2D eigenvalue weighted by Gasteiger charge is -2.09. The Kier molecular flexibility index (Phi) is 4.95. The number of rotatable bonds is 6. The highest BCUT2D eigenvalue weighted by molar-refractivity contribution is 5.83. The number of nitrogens with zero attached hydrogens (tertiary/aromatic N) is 7. The lowest BCUT2D eigenvalue weighted by molar-refractivity contribution is 0.178. The van der Waals surface area contributed by atoms with Crippen LogP contribution >= 0.6 is 0 Å². The number of hydrogen-bond acceptors (Lipinski definition) is 6. The van der Waals surface area contributed by atoms with Crippen molar-refractivity contribution in [3.63, 3.8) is 0 Å². The van der Waals surface area contributed by atoms with Gasteiger partial charge in [0.05, 0.1) is 16.6 Å². The molecule has 166 valence electrons. The summed E-state index contributed by atoms with van der Waals surface area (Å²) in [6.07, 6.45) is 3.38. The first-order valence-corrected chi connectivity index (χ1v) is 11.1. The minimum atomic E-state index is 0.445. The fraction of sp³-hybridized carbons (Fsp3) is 0.115. The van der Waals surface area contributed by atoms with E-state index in [2.05, 4.69) is 33.2 Å². The summed E-state index contributed by atoms with van der Waals surface area (Å²) in [6, 6.07) is 25.6. The van der Waals surface area contributed by atoms with Gasteiger partial charge in [0.1, 0.15) is 22.7 Å². The first-order chi connectivity index (χ1) is 16.7. The molecule has 0 unspecified atom stereocenters. The molecule has 0 fully saturated rings. The van der Waals surface area contributed by atoms with Crippen LogP contribution in [-0.2, 0) is 19.9 Å². The van der Waals surface area contributed by atoms with Crippen molar-refractivity contribution in [1.29, 1.82) is 0 Å². The summed E-state index contributed by atoms with van der Waals surface area (Å²) >= 11 is 0. The summed E-state index contributed by atoms with van der Waals surface area (Å²) in [4.78, 5) is 21.8. The molecular weight excluding hydrogens is 426 g/mol. The van der Waals surface area contributed by atoms with E-state index in [4.69, 9.17) is 19.8 Å². The standard InChI is InChI=1S/C26H21N7O/c1-32-17-22(18-9-3-2-4-10-18)28-25(32)16-15-24-27-20-12-6-5-11-19(20)26(29-24)34-33-23-14-8-7-13-21(23)30-31-33/h2-14,17H,15-16H2,1H3. The SMILES string of the molecule is Cn1cc(-c2ccccc2)nc1CCc1nc(On2nnc3ccccc32)c2ccccc2n1. The van der Waals surface area contributed by atoms with E-state index >= 15 is 0 Å².